The van der Waals surface area contributed by atoms with Gasteiger partial charge < -0.3 is 5.73 Å². The normalized spacial score (nSPS) is 11.2. The van der Waals surface area contributed by atoms with Crippen molar-refractivity contribution in [3.63, 3.8) is 0 Å². The molecule has 0 unspecified atom stereocenters. The van der Waals surface area contributed by atoms with Crippen LogP contribution in [0.5, 0.6) is 0 Å². The fourth-order valence-electron chi connectivity index (χ4n) is 1.45. The summed E-state index contributed by atoms with van der Waals surface area (Å²) in [4.78, 5) is 21.7. The van der Waals surface area contributed by atoms with E-state index >= 15 is 0 Å². The molecular formula is C10H12N2O6S. The quantitative estimate of drug-likeness (QED) is 0.262. The third kappa shape index (κ3) is 4.64. The highest BCUT2D eigenvalue weighted by molar-refractivity contribution is 7.85. The zero-order valence-electron chi connectivity index (χ0n) is 9.77. The van der Waals surface area contributed by atoms with Gasteiger partial charge in [-0.2, -0.15) is 8.42 Å². The number of hydrogen-bond donors (Lipinski definition) is 2. The molecule has 19 heavy (non-hydrogen) atoms. The van der Waals surface area contributed by atoms with Gasteiger partial charge in [-0.25, -0.2) is 0 Å². The summed E-state index contributed by atoms with van der Waals surface area (Å²) in [6.45, 7) is 0. The maximum atomic E-state index is 11.7. The van der Waals surface area contributed by atoms with Crippen LogP contribution in [0.1, 0.15) is 23.2 Å². The average molecular weight is 288 g/mol. The highest BCUT2D eigenvalue weighted by Crippen LogP contribution is 2.21. The van der Waals surface area contributed by atoms with Gasteiger partial charge in [-0.05, 0) is 12.5 Å². The third-order valence-electron chi connectivity index (χ3n) is 2.35. The lowest BCUT2D eigenvalue weighted by Gasteiger charge is -2.04. The summed E-state index contributed by atoms with van der Waals surface area (Å²) in [6.07, 6.45) is -0.259. The van der Waals surface area contributed by atoms with Crippen molar-refractivity contribution in [2.24, 2.45) is 0 Å². The van der Waals surface area contributed by atoms with Gasteiger partial charge in [-0.15, -0.1) is 0 Å². The number of nitro groups is 1. The second-order valence-corrected chi connectivity index (χ2v) is 5.41. The molecule has 0 saturated heterocycles. The Balaban J connectivity index is 2.82. The minimum atomic E-state index is -4.13. The van der Waals surface area contributed by atoms with E-state index < -0.39 is 26.6 Å². The molecule has 0 radical (unpaired) electrons. The number of Topliss-reactive ketones (excluding diaryl/α,β-unsaturated/α-hetero) is 1. The van der Waals surface area contributed by atoms with Crippen molar-refractivity contribution in [2.75, 3.05) is 11.5 Å². The molecule has 8 nitrogen and oxygen atoms in total. The first-order valence-electron chi connectivity index (χ1n) is 5.23. The molecule has 0 fully saturated rings. The smallest absolute Gasteiger partial charge is 0.270 e. The van der Waals surface area contributed by atoms with Crippen molar-refractivity contribution >= 4 is 27.3 Å². The van der Waals surface area contributed by atoms with E-state index in [-0.39, 0.29) is 29.8 Å². The number of non-ortho nitro benzene ring substituents is 1. The van der Waals surface area contributed by atoms with E-state index in [1.54, 1.807) is 0 Å². The van der Waals surface area contributed by atoms with Crippen LogP contribution in [0.3, 0.4) is 0 Å². The number of carbonyl (C=O) groups excluding carboxylic acids is 1. The molecular weight excluding hydrogens is 276 g/mol. The first-order chi connectivity index (χ1) is 8.70. The van der Waals surface area contributed by atoms with E-state index in [0.29, 0.717) is 0 Å². The van der Waals surface area contributed by atoms with E-state index in [2.05, 4.69) is 0 Å². The molecule has 104 valence electrons. The van der Waals surface area contributed by atoms with Crippen LogP contribution in [0.15, 0.2) is 18.2 Å². The number of nitrogen functional groups attached to an aromatic ring is 1. The van der Waals surface area contributed by atoms with Crippen molar-refractivity contribution in [1.82, 2.24) is 0 Å². The van der Waals surface area contributed by atoms with Crippen LogP contribution in [-0.2, 0) is 10.1 Å². The first kappa shape index (κ1) is 15.1. The van der Waals surface area contributed by atoms with Crippen molar-refractivity contribution in [1.29, 1.82) is 0 Å². The Kier molecular flexibility index (Phi) is 4.57. The Morgan fingerprint density at radius 1 is 1.42 bits per heavy atom. The molecule has 3 N–H and O–H groups in total. The van der Waals surface area contributed by atoms with Gasteiger partial charge in [-0.3, -0.25) is 19.5 Å². The summed E-state index contributed by atoms with van der Waals surface area (Å²) in [5.74, 6) is -1.06. The maximum absolute atomic E-state index is 11.7. The fraction of sp³-hybridized carbons (Fsp3) is 0.300. The summed E-state index contributed by atoms with van der Waals surface area (Å²) in [7, 11) is -4.13. The summed E-state index contributed by atoms with van der Waals surface area (Å²) in [5, 5.41) is 10.6. The molecule has 0 heterocycles. The molecule has 0 aliphatic carbocycles. The number of ketones is 1. The molecule has 0 aliphatic heterocycles. The Bertz CT molecular complexity index is 610. The molecule has 0 aromatic heterocycles. The van der Waals surface area contributed by atoms with Crippen molar-refractivity contribution < 1.29 is 22.7 Å². The van der Waals surface area contributed by atoms with Crippen molar-refractivity contribution in [3.05, 3.63) is 33.9 Å². The van der Waals surface area contributed by atoms with Gasteiger partial charge in [0, 0.05) is 29.8 Å². The Morgan fingerprint density at radius 2 is 2.05 bits per heavy atom. The van der Waals surface area contributed by atoms with Crippen LogP contribution in [0.2, 0.25) is 0 Å². The fourth-order valence-corrected chi connectivity index (χ4v) is 1.96. The lowest BCUT2D eigenvalue weighted by atomic mass is 10.0. The van der Waals surface area contributed by atoms with Gasteiger partial charge in [-0.1, -0.05) is 0 Å². The molecule has 1 aromatic carbocycles. The largest absolute Gasteiger partial charge is 0.398 e. The van der Waals surface area contributed by atoms with Crippen molar-refractivity contribution in [2.45, 2.75) is 12.8 Å². The van der Waals surface area contributed by atoms with Crippen LogP contribution in [0.25, 0.3) is 0 Å². The summed E-state index contributed by atoms with van der Waals surface area (Å²) in [5.41, 5.74) is 5.33. The van der Waals surface area contributed by atoms with Gasteiger partial charge >= 0.3 is 0 Å². The monoisotopic (exact) mass is 288 g/mol. The van der Waals surface area contributed by atoms with Gasteiger partial charge in [0.25, 0.3) is 15.8 Å². The number of nitro benzene ring substituents is 1. The summed E-state index contributed by atoms with van der Waals surface area (Å²) < 4.78 is 29.5. The molecule has 1 aromatic rings. The van der Waals surface area contributed by atoms with E-state index in [4.69, 9.17) is 10.3 Å². The maximum Gasteiger partial charge on any atom is 0.270 e. The number of nitrogens with two attached hydrogens (primary N) is 1. The predicted octanol–water partition coefficient (Wildman–Crippen LogP) is 1.03. The van der Waals surface area contributed by atoms with Crippen LogP contribution in [-0.4, -0.2) is 29.4 Å². The lowest BCUT2D eigenvalue weighted by Crippen LogP contribution is -2.09. The number of rotatable bonds is 6. The number of hydrogen-bond acceptors (Lipinski definition) is 6. The van der Waals surface area contributed by atoms with E-state index in [1.165, 1.54) is 12.1 Å². The zero-order chi connectivity index (χ0) is 14.6. The number of carbonyl (C=O) groups is 1. The number of benzene rings is 1. The van der Waals surface area contributed by atoms with Crippen LogP contribution in [0, 0.1) is 10.1 Å². The van der Waals surface area contributed by atoms with Gasteiger partial charge in [0.2, 0.25) is 0 Å². The number of nitrogens with zero attached hydrogens (tertiary/aromatic N) is 1. The average Bonchev–Trinajstić information content (AvgIpc) is 2.27. The minimum absolute atomic E-state index is 0.0236. The van der Waals surface area contributed by atoms with E-state index in [1.807, 2.05) is 0 Å². The minimum Gasteiger partial charge on any atom is -0.398 e. The lowest BCUT2D eigenvalue weighted by molar-refractivity contribution is -0.384. The molecule has 1 rings (SSSR count). The van der Waals surface area contributed by atoms with Crippen molar-refractivity contribution in [3.8, 4) is 0 Å². The van der Waals surface area contributed by atoms with Gasteiger partial charge in [0.15, 0.2) is 5.78 Å². The highest BCUT2D eigenvalue weighted by atomic mass is 32.2. The zero-order valence-corrected chi connectivity index (χ0v) is 10.6. The Morgan fingerprint density at radius 3 is 2.58 bits per heavy atom. The summed E-state index contributed by atoms with van der Waals surface area (Å²) in [6, 6.07) is 3.46. The number of anilines is 1. The molecule has 9 heteroatoms. The van der Waals surface area contributed by atoms with E-state index in [9.17, 15) is 23.3 Å². The molecule has 0 spiro atoms. The third-order valence-corrected chi connectivity index (χ3v) is 3.16. The first-order valence-corrected chi connectivity index (χ1v) is 6.84. The molecule has 0 atom stereocenters. The molecule has 0 aliphatic rings. The highest BCUT2D eigenvalue weighted by Gasteiger charge is 2.16. The van der Waals surface area contributed by atoms with Gasteiger partial charge in [0.05, 0.1) is 10.7 Å². The van der Waals surface area contributed by atoms with Gasteiger partial charge in [0.1, 0.15) is 0 Å². The Hall–Kier alpha value is -2.00. The Labute approximate surface area is 109 Å². The standard InChI is InChI=1S/C10H12N2O6S/c11-9-4-3-7(12(14)15)6-8(9)10(13)2-1-5-19(16,17)18/h3-4,6H,1-2,5,11H2,(H,16,17,18). The topological polar surface area (TPSA) is 141 Å². The second kappa shape index (κ2) is 5.76. The van der Waals surface area contributed by atoms with Crippen LogP contribution < -0.4 is 5.73 Å². The SMILES string of the molecule is Nc1ccc([N+](=O)[O-])cc1C(=O)CCCS(=O)(=O)O. The predicted molar refractivity (Wildman–Crippen MR) is 67.5 cm³/mol. The molecule has 0 bridgehead atoms. The second-order valence-electron chi connectivity index (χ2n) is 3.84. The van der Waals surface area contributed by atoms with Crippen LogP contribution >= 0.6 is 0 Å². The molecule has 0 saturated carbocycles. The summed E-state index contributed by atoms with van der Waals surface area (Å²) >= 11 is 0. The molecule has 0 amide bonds. The van der Waals surface area contributed by atoms with Crippen LogP contribution in [0.4, 0.5) is 11.4 Å². The van der Waals surface area contributed by atoms with E-state index in [0.717, 1.165) is 6.07 Å².